The van der Waals surface area contributed by atoms with Gasteiger partial charge in [-0.05, 0) is 39.2 Å². The van der Waals surface area contributed by atoms with E-state index in [1.54, 1.807) is 0 Å². The van der Waals surface area contributed by atoms with Crippen LogP contribution in [0.1, 0.15) is 51.9 Å². The molecule has 0 heterocycles. The molecule has 0 spiro atoms. The minimum Gasteiger partial charge on any atom is -0.480 e. The Morgan fingerprint density at radius 2 is 2.00 bits per heavy atom. The lowest BCUT2D eigenvalue weighted by atomic mass is 10.1. The van der Waals surface area contributed by atoms with Crippen molar-refractivity contribution < 1.29 is 15.0 Å². The molecule has 5 nitrogen and oxygen atoms in total. The van der Waals surface area contributed by atoms with Gasteiger partial charge >= 0.3 is 5.97 Å². The predicted molar refractivity (Wildman–Crippen MR) is 70.4 cm³/mol. The van der Waals surface area contributed by atoms with Crippen LogP contribution >= 0.6 is 0 Å². The Kier molecular flexibility index (Phi) is 7.23. The summed E-state index contributed by atoms with van der Waals surface area (Å²) in [6.45, 7) is 2.50. The van der Waals surface area contributed by atoms with Gasteiger partial charge in [0.2, 0.25) is 0 Å². The van der Waals surface area contributed by atoms with E-state index in [0.29, 0.717) is 12.5 Å². The van der Waals surface area contributed by atoms with E-state index in [0.717, 1.165) is 19.4 Å². The van der Waals surface area contributed by atoms with Gasteiger partial charge in [0.05, 0.1) is 0 Å². The Morgan fingerprint density at radius 3 is 2.56 bits per heavy atom. The standard InChI is InChI=1S/C13H26N2O3/c1-10(16)15-12(13(17)18)8-4-5-9-14-11-6-2-3-7-11/h10-12,14-16H,2-9H2,1H3,(H,17,18)/t10?,12-/m0/s1. The molecule has 1 rings (SSSR count). The number of carboxylic acids is 1. The SMILES string of the molecule is CC(O)N[C@@H](CCCCNC1CCCC1)C(=O)O. The highest BCUT2D eigenvalue weighted by Crippen LogP contribution is 2.17. The molecular weight excluding hydrogens is 232 g/mol. The number of carbonyl (C=O) groups is 1. The molecule has 18 heavy (non-hydrogen) atoms. The highest BCUT2D eigenvalue weighted by Gasteiger charge is 2.18. The second-order valence-corrected chi connectivity index (χ2v) is 5.16. The van der Waals surface area contributed by atoms with E-state index in [2.05, 4.69) is 10.6 Å². The summed E-state index contributed by atoms with van der Waals surface area (Å²) in [7, 11) is 0. The average molecular weight is 258 g/mol. The van der Waals surface area contributed by atoms with Gasteiger partial charge in [0, 0.05) is 6.04 Å². The molecule has 0 saturated heterocycles. The first-order valence-corrected chi connectivity index (χ1v) is 7.00. The molecule has 0 amide bonds. The number of hydrogen-bond acceptors (Lipinski definition) is 4. The molecule has 0 aromatic rings. The summed E-state index contributed by atoms with van der Waals surface area (Å²) in [5.74, 6) is -0.889. The lowest BCUT2D eigenvalue weighted by Gasteiger charge is -2.17. The van der Waals surface area contributed by atoms with E-state index in [-0.39, 0.29) is 0 Å². The zero-order valence-corrected chi connectivity index (χ0v) is 11.2. The van der Waals surface area contributed by atoms with E-state index in [4.69, 9.17) is 10.2 Å². The van der Waals surface area contributed by atoms with Crippen LogP contribution in [0.2, 0.25) is 0 Å². The van der Waals surface area contributed by atoms with Crippen molar-refractivity contribution in [2.75, 3.05) is 6.54 Å². The molecule has 1 aliphatic carbocycles. The maximum absolute atomic E-state index is 10.9. The van der Waals surface area contributed by atoms with Crippen molar-refractivity contribution in [3.63, 3.8) is 0 Å². The van der Waals surface area contributed by atoms with Crippen LogP contribution in [0.3, 0.4) is 0 Å². The lowest BCUT2D eigenvalue weighted by Crippen LogP contribution is -2.42. The van der Waals surface area contributed by atoms with E-state index < -0.39 is 18.2 Å². The van der Waals surface area contributed by atoms with Gasteiger partial charge in [-0.1, -0.05) is 19.3 Å². The quantitative estimate of drug-likeness (QED) is 0.367. The van der Waals surface area contributed by atoms with Crippen LogP contribution in [0.25, 0.3) is 0 Å². The molecule has 0 aromatic heterocycles. The molecule has 0 radical (unpaired) electrons. The molecule has 5 heteroatoms. The van der Waals surface area contributed by atoms with Crippen LogP contribution in [-0.4, -0.2) is 41.0 Å². The first kappa shape index (κ1) is 15.4. The van der Waals surface area contributed by atoms with Crippen molar-refractivity contribution in [3.8, 4) is 0 Å². The molecule has 1 aliphatic rings. The highest BCUT2D eigenvalue weighted by molar-refractivity contribution is 5.73. The van der Waals surface area contributed by atoms with E-state index in [1.165, 1.54) is 32.6 Å². The highest BCUT2D eigenvalue weighted by atomic mass is 16.4. The number of hydrogen-bond donors (Lipinski definition) is 4. The van der Waals surface area contributed by atoms with Gasteiger partial charge in [0.1, 0.15) is 12.3 Å². The zero-order valence-electron chi connectivity index (χ0n) is 11.2. The fourth-order valence-corrected chi connectivity index (χ4v) is 2.48. The van der Waals surface area contributed by atoms with Gasteiger partial charge in [-0.25, -0.2) is 0 Å². The molecule has 1 saturated carbocycles. The summed E-state index contributed by atoms with van der Waals surface area (Å²) in [5.41, 5.74) is 0. The molecule has 106 valence electrons. The molecular formula is C13H26N2O3. The number of aliphatic carboxylic acids is 1. The second-order valence-electron chi connectivity index (χ2n) is 5.16. The average Bonchev–Trinajstić information content (AvgIpc) is 2.79. The van der Waals surface area contributed by atoms with Crippen molar-refractivity contribution in [2.24, 2.45) is 0 Å². The van der Waals surface area contributed by atoms with Gasteiger partial charge in [-0.3, -0.25) is 10.1 Å². The maximum Gasteiger partial charge on any atom is 0.320 e. The lowest BCUT2D eigenvalue weighted by molar-refractivity contribution is -0.140. The van der Waals surface area contributed by atoms with Crippen LogP contribution in [-0.2, 0) is 4.79 Å². The van der Waals surface area contributed by atoms with Crippen LogP contribution in [0.5, 0.6) is 0 Å². The normalized spacial score (nSPS) is 19.9. The van der Waals surface area contributed by atoms with E-state index in [9.17, 15) is 4.79 Å². The van der Waals surface area contributed by atoms with Crippen molar-refractivity contribution in [1.82, 2.24) is 10.6 Å². The number of carboxylic acid groups (broad SMARTS) is 1. The monoisotopic (exact) mass is 258 g/mol. The first-order valence-electron chi connectivity index (χ1n) is 7.00. The Morgan fingerprint density at radius 1 is 1.33 bits per heavy atom. The molecule has 0 aromatic carbocycles. The smallest absolute Gasteiger partial charge is 0.320 e. The number of aliphatic hydroxyl groups is 1. The number of unbranched alkanes of at least 4 members (excludes halogenated alkanes) is 1. The Bertz CT molecular complexity index is 240. The summed E-state index contributed by atoms with van der Waals surface area (Å²) < 4.78 is 0. The Balaban J connectivity index is 2.05. The van der Waals surface area contributed by atoms with Gasteiger partial charge in [0.15, 0.2) is 0 Å². The number of aliphatic hydroxyl groups excluding tert-OH is 1. The summed E-state index contributed by atoms with van der Waals surface area (Å²) in [6, 6.07) is 0.0346. The fourth-order valence-electron chi connectivity index (χ4n) is 2.48. The second kappa shape index (κ2) is 8.45. The maximum atomic E-state index is 10.9. The molecule has 1 unspecified atom stereocenters. The third-order valence-electron chi connectivity index (χ3n) is 3.45. The van der Waals surface area contributed by atoms with E-state index in [1.807, 2.05) is 0 Å². The largest absolute Gasteiger partial charge is 0.480 e. The van der Waals surface area contributed by atoms with E-state index >= 15 is 0 Å². The number of nitrogens with one attached hydrogen (secondary N) is 2. The summed E-state index contributed by atoms with van der Waals surface area (Å²) in [4.78, 5) is 10.9. The summed E-state index contributed by atoms with van der Waals surface area (Å²) >= 11 is 0. The number of rotatable bonds is 9. The third-order valence-corrected chi connectivity index (χ3v) is 3.45. The van der Waals surface area contributed by atoms with Crippen LogP contribution in [0, 0.1) is 0 Å². The molecule has 1 fully saturated rings. The van der Waals surface area contributed by atoms with Gasteiger partial charge < -0.3 is 15.5 Å². The van der Waals surface area contributed by atoms with Crippen molar-refractivity contribution in [1.29, 1.82) is 0 Å². The Labute approximate surface area is 109 Å². The van der Waals surface area contributed by atoms with Crippen molar-refractivity contribution in [3.05, 3.63) is 0 Å². The van der Waals surface area contributed by atoms with Crippen LogP contribution in [0.4, 0.5) is 0 Å². The van der Waals surface area contributed by atoms with Crippen molar-refractivity contribution >= 4 is 5.97 Å². The summed E-state index contributed by atoms with van der Waals surface area (Å²) in [5, 5.41) is 24.2. The van der Waals surface area contributed by atoms with Gasteiger partial charge in [-0.15, -0.1) is 0 Å². The minimum absolute atomic E-state index is 0.562. The molecule has 2 atom stereocenters. The minimum atomic E-state index is -0.889. The van der Waals surface area contributed by atoms with Crippen LogP contribution < -0.4 is 10.6 Å². The molecule has 0 bridgehead atoms. The first-order chi connectivity index (χ1) is 8.59. The zero-order chi connectivity index (χ0) is 13.4. The fraction of sp³-hybridized carbons (Fsp3) is 0.923. The van der Waals surface area contributed by atoms with Gasteiger partial charge in [-0.2, -0.15) is 0 Å². The molecule has 4 N–H and O–H groups in total. The topological polar surface area (TPSA) is 81.6 Å². The predicted octanol–water partition coefficient (Wildman–Crippen LogP) is 1.07. The molecule has 0 aliphatic heterocycles. The van der Waals surface area contributed by atoms with Gasteiger partial charge in [0.25, 0.3) is 0 Å². The van der Waals surface area contributed by atoms with Crippen molar-refractivity contribution in [2.45, 2.75) is 70.2 Å². The summed E-state index contributed by atoms with van der Waals surface area (Å²) in [6.07, 6.45) is 6.85. The van der Waals surface area contributed by atoms with Crippen LogP contribution in [0.15, 0.2) is 0 Å². The third kappa shape index (κ3) is 6.33. The Hall–Kier alpha value is -0.650.